The summed E-state index contributed by atoms with van der Waals surface area (Å²) in [5, 5.41) is 7.29. The number of nitrogens with one attached hydrogen (secondary N) is 2. The van der Waals surface area contributed by atoms with Gasteiger partial charge in [0, 0.05) is 24.2 Å². The molecule has 2 heterocycles. The van der Waals surface area contributed by atoms with Crippen LogP contribution < -0.4 is 10.6 Å². The van der Waals surface area contributed by atoms with Crippen molar-refractivity contribution in [3.05, 3.63) is 65.2 Å². The van der Waals surface area contributed by atoms with E-state index in [2.05, 4.69) is 59.2 Å². The predicted molar refractivity (Wildman–Crippen MR) is 97.7 cm³/mol. The fourth-order valence-corrected chi connectivity index (χ4v) is 3.74. The van der Waals surface area contributed by atoms with E-state index in [9.17, 15) is 0 Å². The van der Waals surface area contributed by atoms with E-state index in [1.54, 1.807) is 0 Å². The van der Waals surface area contributed by atoms with Crippen LogP contribution in [0.15, 0.2) is 48.5 Å². The van der Waals surface area contributed by atoms with Crippen molar-refractivity contribution in [1.82, 2.24) is 5.32 Å². The van der Waals surface area contributed by atoms with E-state index in [-0.39, 0.29) is 24.8 Å². The average Bonchev–Trinajstić information content (AvgIpc) is 2.54. The van der Waals surface area contributed by atoms with Crippen molar-refractivity contribution in [1.29, 1.82) is 0 Å². The van der Waals surface area contributed by atoms with Crippen LogP contribution in [-0.4, -0.2) is 13.1 Å². The molecule has 0 aliphatic carbocycles. The van der Waals surface area contributed by atoms with E-state index >= 15 is 0 Å². The van der Waals surface area contributed by atoms with Crippen LogP contribution in [0.5, 0.6) is 0 Å². The first-order valence-corrected chi connectivity index (χ1v) is 7.57. The number of benzene rings is 2. The normalized spacial score (nSPS) is 22.2. The lowest BCUT2D eigenvalue weighted by Crippen LogP contribution is -2.36. The lowest BCUT2D eigenvalue weighted by molar-refractivity contribution is 0.409. The van der Waals surface area contributed by atoms with Gasteiger partial charge < -0.3 is 10.6 Å². The van der Waals surface area contributed by atoms with Crippen LogP contribution >= 0.6 is 24.8 Å². The summed E-state index contributed by atoms with van der Waals surface area (Å²) in [5.74, 6) is 0.578. The van der Waals surface area contributed by atoms with Gasteiger partial charge in [0.2, 0.25) is 0 Å². The Balaban J connectivity index is 0.000000882. The minimum absolute atomic E-state index is 0. The molecule has 118 valence electrons. The Kier molecular flexibility index (Phi) is 5.74. The lowest BCUT2D eigenvalue weighted by atomic mass is 9.79. The molecule has 2 atom stereocenters. The standard InChI is InChI=1S/C18H20N2.2ClH/c1-2-6-14-13(5-1)9-11-20-18(14)16-10-12-19-17-8-4-3-7-15(16)17;;/h1-8,16,18-20H,9-12H2;2*1H. The summed E-state index contributed by atoms with van der Waals surface area (Å²) in [6.07, 6.45) is 2.35. The highest BCUT2D eigenvalue weighted by Gasteiger charge is 2.31. The maximum Gasteiger partial charge on any atom is 0.0393 e. The van der Waals surface area contributed by atoms with E-state index < -0.39 is 0 Å². The molecule has 0 radical (unpaired) electrons. The molecule has 22 heavy (non-hydrogen) atoms. The van der Waals surface area contributed by atoms with Crippen molar-refractivity contribution >= 4 is 30.5 Å². The predicted octanol–water partition coefficient (Wildman–Crippen LogP) is 4.32. The SMILES string of the molecule is Cl.Cl.c1ccc2c(c1)CCNC2C1CCNc2ccccc21. The van der Waals surface area contributed by atoms with Crippen molar-refractivity contribution in [3.63, 3.8) is 0 Å². The van der Waals surface area contributed by atoms with Crippen molar-refractivity contribution in [2.45, 2.75) is 24.8 Å². The maximum absolute atomic E-state index is 3.76. The highest BCUT2D eigenvalue weighted by atomic mass is 35.5. The van der Waals surface area contributed by atoms with Gasteiger partial charge >= 0.3 is 0 Å². The molecule has 2 aliphatic heterocycles. The second-order valence-electron chi connectivity index (χ2n) is 5.79. The Labute approximate surface area is 144 Å². The second kappa shape index (κ2) is 7.36. The Hall–Kier alpha value is -1.22. The van der Waals surface area contributed by atoms with Gasteiger partial charge in [-0.25, -0.2) is 0 Å². The fraction of sp³-hybridized carbons (Fsp3) is 0.333. The number of anilines is 1. The number of rotatable bonds is 1. The van der Waals surface area contributed by atoms with Crippen LogP contribution in [-0.2, 0) is 6.42 Å². The van der Waals surface area contributed by atoms with E-state index in [0.717, 1.165) is 19.5 Å². The maximum atomic E-state index is 3.76. The van der Waals surface area contributed by atoms with Crippen LogP contribution in [0.1, 0.15) is 35.1 Å². The van der Waals surface area contributed by atoms with Crippen molar-refractivity contribution < 1.29 is 0 Å². The van der Waals surface area contributed by atoms with Crippen LogP contribution in [0.2, 0.25) is 0 Å². The third-order valence-corrected chi connectivity index (χ3v) is 4.68. The number of halogens is 2. The molecule has 0 spiro atoms. The van der Waals surface area contributed by atoms with Gasteiger partial charge in [-0.05, 0) is 42.1 Å². The smallest absolute Gasteiger partial charge is 0.0393 e. The van der Waals surface area contributed by atoms with Crippen LogP contribution in [0.4, 0.5) is 5.69 Å². The van der Waals surface area contributed by atoms with E-state index in [1.165, 1.54) is 28.8 Å². The third-order valence-electron chi connectivity index (χ3n) is 4.68. The monoisotopic (exact) mass is 336 g/mol. The number of fused-ring (bicyclic) bond motifs is 2. The summed E-state index contributed by atoms with van der Waals surface area (Å²) in [6.45, 7) is 2.16. The molecule has 2 N–H and O–H groups in total. The van der Waals surface area contributed by atoms with Gasteiger partial charge in [-0.15, -0.1) is 24.8 Å². The molecular weight excluding hydrogens is 315 g/mol. The molecule has 4 heteroatoms. The Morgan fingerprint density at radius 3 is 2.41 bits per heavy atom. The summed E-state index contributed by atoms with van der Waals surface area (Å²) in [5.41, 5.74) is 5.80. The summed E-state index contributed by atoms with van der Waals surface area (Å²) < 4.78 is 0. The zero-order valence-corrected chi connectivity index (χ0v) is 14.1. The zero-order chi connectivity index (χ0) is 13.4. The molecule has 0 amide bonds. The van der Waals surface area contributed by atoms with Crippen molar-refractivity contribution in [2.75, 3.05) is 18.4 Å². The van der Waals surface area contributed by atoms with Crippen LogP contribution in [0.3, 0.4) is 0 Å². The molecule has 4 rings (SSSR count). The summed E-state index contributed by atoms with van der Waals surface area (Å²) in [4.78, 5) is 0. The first-order chi connectivity index (χ1) is 9.93. The van der Waals surface area contributed by atoms with Crippen LogP contribution in [0.25, 0.3) is 0 Å². The minimum Gasteiger partial charge on any atom is -0.385 e. The van der Waals surface area contributed by atoms with Gasteiger partial charge in [0.25, 0.3) is 0 Å². The van der Waals surface area contributed by atoms with E-state index in [1.807, 2.05) is 0 Å². The molecule has 0 bridgehead atoms. The summed E-state index contributed by atoms with van der Waals surface area (Å²) in [6, 6.07) is 18.2. The van der Waals surface area contributed by atoms with Gasteiger partial charge in [-0.3, -0.25) is 0 Å². The minimum atomic E-state index is 0. The molecule has 0 saturated heterocycles. The summed E-state index contributed by atoms with van der Waals surface area (Å²) >= 11 is 0. The highest BCUT2D eigenvalue weighted by molar-refractivity contribution is 5.85. The van der Waals surface area contributed by atoms with Crippen LogP contribution in [0, 0.1) is 0 Å². The number of hydrogen-bond acceptors (Lipinski definition) is 2. The molecule has 2 nitrogen and oxygen atoms in total. The Bertz CT molecular complexity index is 574. The molecule has 0 aromatic heterocycles. The quantitative estimate of drug-likeness (QED) is 0.810. The molecule has 0 fully saturated rings. The molecule has 2 aromatic carbocycles. The first-order valence-electron chi connectivity index (χ1n) is 7.57. The van der Waals surface area contributed by atoms with Gasteiger partial charge in [0.15, 0.2) is 0 Å². The van der Waals surface area contributed by atoms with Gasteiger partial charge in [-0.2, -0.15) is 0 Å². The number of hydrogen-bond donors (Lipinski definition) is 2. The van der Waals surface area contributed by atoms with Gasteiger partial charge in [0.05, 0.1) is 0 Å². The Morgan fingerprint density at radius 1 is 0.818 bits per heavy atom. The van der Waals surface area contributed by atoms with E-state index in [0.29, 0.717) is 12.0 Å². The van der Waals surface area contributed by atoms with Gasteiger partial charge in [0.1, 0.15) is 0 Å². The van der Waals surface area contributed by atoms with Crippen molar-refractivity contribution in [2.24, 2.45) is 0 Å². The first kappa shape index (κ1) is 17.1. The van der Waals surface area contributed by atoms with Gasteiger partial charge in [-0.1, -0.05) is 42.5 Å². The molecule has 2 unspecified atom stereocenters. The van der Waals surface area contributed by atoms with Crippen molar-refractivity contribution in [3.8, 4) is 0 Å². The average molecular weight is 337 g/mol. The largest absolute Gasteiger partial charge is 0.385 e. The lowest BCUT2D eigenvalue weighted by Gasteiger charge is -2.37. The molecule has 0 saturated carbocycles. The van der Waals surface area contributed by atoms with E-state index in [4.69, 9.17) is 0 Å². The zero-order valence-electron chi connectivity index (χ0n) is 12.4. The Morgan fingerprint density at radius 2 is 1.55 bits per heavy atom. The third kappa shape index (κ3) is 2.96. The molecule has 2 aromatic rings. The fourth-order valence-electron chi connectivity index (χ4n) is 3.74. The summed E-state index contributed by atoms with van der Waals surface area (Å²) in [7, 11) is 0. The topological polar surface area (TPSA) is 24.1 Å². The molecular formula is C18H22Cl2N2. The molecule has 2 aliphatic rings. The number of para-hydroxylation sites is 1. The highest BCUT2D eigenvalue weighted by Crippen LogP contribution is 2.41. The second-order valence-corrected chi connectivity index (χ2v) is 5.79.